The van der Waals surface area contributed by atoms with Gasteiger partial charge in [0.15, 0.2) is 5.78 Å². The molecule has 0 spiro atoms. The summed E-state index contributed by atoms with van der Waals surface area (Å²) in [6, 6.07) is 7.67. The van der Waals surface area contributed by atoms with Crippen LogP contribution in [-0.2, 0) is 25.5 Å². The van der Waals surface area contributed by atoms with Gasteiger partial charge in [0.1, 0.15) is 11.4 Å². The van der Waals surface area contributed by atoms with E-state index in [0.29, 0.717) is 6.42 Å². The summed E-state index contributed by atoms with van der Waals surface area (Å²) < 4.78 is 16.6. The van der Waals surface area contributed by atoms with E-state index in [4.69, 9.17) is 14.2 Å². The Kier molecular flexibility index (Phi) is 4.87. The van der Waals surface area contributed by atoms with E-state index in [1.54, 1.807) is 25.3 Å². The zero-order valence-corrected chi connectivity index (χ0v) is 15.4. The van der Waals surface area contributed by atoms with E-state index in [-0.39, 0.29) is 17.6 Å². The molecule has 142 valence electrons. The Bertz CT molecular complexity index is 756. The standard InChI is InChI=1S/C22H24O5/c1-25-18-11-5-15(6-12-18)3-2-4-20(24)26-21-14-13-19(23)22(27-21,16-7-8-16)17-9-10-17/h2,4-6,11-14,16-17,21H,3,7-10H2,1H3/b4-2+/t21-/m1/s1. The number of ether oxygens (including phenoxy) is 3. The lowest BCUT2D eigenvalue weighted by Crippen LogP contribution is -2.50. The second-order valence-electron chi connectivity index (χ2n) is 7.44. The quantitative estimate of drug-likeness (QED) is 0.545. The fourth-order valence-electron chi connectivity index (χ4n) is 3.81. The third kappa shape index (κ3) is 3.83. The highest BCUT2D eigenvalue weighted by Gasteiger charge is 2.61. The lowest BCUT2D eigenvalue weighted by Gasteiger charge is -2.37. The molecule has 1 aliphatic heterocycles. The molecule has 0 aromatic heterocycles. The van der Waals surface area contributed by atoms with E-state index in [9.17, 15) is 9.59 Å². The molecular weight excluding hydrogens is 344 g/mol. The van der Waals surface area contributed by atoms with Gasteiger partial charge in [0.25, 0.3) is 0 Å². The average Bonchev–Trinajstić information content (AvgIpc) is 3.56. The molecule has 2 saturated carbocycles. The zero-order chi connectivity index (χ0) is 18.9. The molecule has 0 saturated heterocycles. The normalized spacial score (nSPS) is 24.2. The van der Waals surface area contributed by atoms with Gasteiger partial charge in [-0.3, -0.25) is 4.79 Å². The van der Waals surface area contributed by atoms with Gasteiger partial charge in [-0.25, -0.2) is 4.79 Å². The van der Waals surface area contributed by atoms with Crippen molar-refractivity contribution in [3.05, 3.63) is 54.1 Å². The highest BCUT2D eigenvalue weighted by molar-refractivity contribution is 5.99. The smallest absolute Gasteiger partial charge is 0.332 e. The lowest BCUT2D eigenvalue weighted by atomic mass is 9.85. The molecule has 5 heteroatoms. The predicted octanol–water partition coefficient (Wildman–Crippen LogP) is 3.38. The average molecular weight is 368 g/mol. The summed E-state index contributed by atoms with van der Waals surface area (Å²) in [5.74, 6) is 0.916. The lowest BCUT2D eigenvalue weighted by molar-refractivity contribution is -0.207. The Morgan fingerprint density at radius 2 is 1.85 bits per heavy atom. The molecule has 1 aromatic rings. The molecule has 0 amide bonds. The number of esters is 1. The molecule has 0 unspecified atom stereocenters. The molecule has 0 bridgehead atoms. The number of allylic oxidation sites excluding steroid dienone is 1. The maximum Gasteiger partial charge on any atom is 0.332 e. The number of carbonyl (C=O) groups is 2. The van der Waals surface area contributed by atoms with Crippen molar-refractivity contribution in [3.8, 4) is 5.75 Å². The fraction of sp³-hybridized carbons (Fsp3) is 0.455. The van der Waals surface area contributed by atoms with Gasteiger partial charge in [0.05, 0.1) is 7.11 Å². The minimum absolute atomic E-state index is 0.0369. The van der Waals surface area contributed by atoms with Gasteiger partial charge in [-0.2, -0.15) is 0 Å². The largest absolute Gasteiger partial charge is 0.497 e. The van der Waals surface area contributed by atoms with Crippen LogP contribution in [0.1, 0.15) is 31.2 Å². The second-order valence-corrected chi connectivity index (χ2v) is 7.44. The summed E-state index contributed by atoms with van der Waals surface area (Å²) in [5.41, 5.74) is 0.313. The number of hydrogen-bond acceptors (Lipinski definition) is 5. The van der Waals surface area contributed by atoms with Gasteiger partial charge >= 0.3 is 5.97 Å². The molecule has 1 heterocycles. The third-order valence-corrected chi connectivity index (χ3v) is 5.47. The Balaban J connectivity index is 1.33. The van der Waals surface area contributed by atoms with Crippen LogP contribution < -0.4 is 4.74 Å². The number of benzene rings is 1. The van der Waals surface area contributed by atoms with Crippen LogP contribution in [0.15, 0.2) is 48.6 Å². The van der Waals surface area contributed by atoms with Crippen molar-refractivity contribution < 1.29 is 23.8 Å². The summed E-state index contributed by atoms with van der Waals surface area (Å²) in [6.45, 7) is 0. The van der Waals surface area contributed by atoms with Crippen LogP contribution in [0.3, 0.4) is 0 Å². The van der Waals surface area contributed by atoms with Gasteiger partial charge in [-0.15, -0.1) is 0 Å². The van der Waals surface area contributed by atoms with Crippen LogP contribution in [0.25, 0.3) is 0 Å². The molecular formula is C22H24O5. The van der Waals surface area contributed by atoms with Crippen molar-refractivity contribution in [2.75, 3.05) is 7.11 Å². The first-order valence-electron chi connectivity index (χ1n) is 9.52. The van der Waals surface area contributed by atoms with Crippen molar-refractivity contribution >= 4 is 11.8 Å². The van der Waals surface area contributed by atoms with E-state index in [0.717, 1.165) is 37.0 Å². The molecule has 3 aliphatic rings. The van der Waals surface area contributed by atoms with Crippen LogP contribution in [0.4, 0.5) is 0 Å². The Hall–Kier alpha value is -2.40. The predicted molar refractivity (Wildman–Crippen MR) is 99.1 cm³/mol. The zero-order valence-electron chi connectivity index (χ0n) is 15.4. The summed E-state index contributed by atoms with van der Waals surface area (Å²) >= 11 is 0. The monoisotopic (exact) mass is 368 g/mol. The minimum Gasteiger partial charge on any atom is -0.497 e. The van der Waals surface area contributed by atoms with Crippen molar-refractivity contribution in [2.45, 2.75) is 44.0 Å². The number of rotatable bonds is 7. The number of methoxy groups -OCH3 is 1. The van der Waals surface area contributed by atoms with E-state index in [2.05, 4.69) is 0 Å². The highest BCUT2D eigenvalue weighted by Crippen LogP contribution is 2.56. The molecule has 0 radical (unpaired) electrons. The van der Waals surface area contributed by atoms with Gasteiger partial charge in [0.2, 0.25) is 6.29 Å². The Labute approximate surface area is 159 Å². The van der Waals surface area contributed by atoms with Crippen molar-refractivity contribution in [1.29, 1.82) is 0 Å². The fourth-order valence-corrected chi connectivity index (χ4v) is 3.81. The van der Waals surface area contributed by atoms with Gasteiger partial charge in [-0.05, 0) is 73.8 Å². The number of hydrogen-bond donors (Lipinski definition) is 0. The molecule has 4 rings (SSSR count). The first-order valence-corrected chi connectivity index (χ1v) is 9.52. The summed E-state index contributed by atoms with van der Waals surface area (Å²) in [7, 11) is 1.63. The van der Waals surface area contributed by atoms with E-state index >= 15 is 0 Å². The topological polar surface area (TPSA) is 61.8 Å². The van der Waals surface area contributed by atoms with E-state index in [1.165, 1.54) is 6.08 Å². The van der Waals surface area contributed by atoms with Crippen LogP contribution in [-0.4, -0.2) is 30.8 Å². The Morgan fingerprint density at radius 1 is 1.19 bits per heavy atom. The van der Waals surface area contributed by atoms with Crippen molar-refractivity contribution in [2.24, 2.45) is 11.8 Å². The van der Waals surface area contributed by atoms with Crippen LogP contribution >= 0.6 is 0 Å². The van der Waals surface area contributed by atoms with Crippen LogP contribution in [0.2, 0.25) is 0 Å². The number of carbonyl (C=O) groups excluding carboxylic acids is 2. The number of ketones is 1. The molecule has 0 N–H and O–H groups in total. The first kappa shape index (κ1) is 18.0. The van der Waals surface area contributed by atoms with Crippen LogP contribution in [0, 0.1) is 11.8 Å². The third-order valence-electron chi connectivity index (χ3n) is 5.47. The minimum atomic E-state index is -0.790. The molecule has 2 aliphatic carbocycles. The van der Waals surface area contributed by atoms with E-state index < -0.39 is 17.9 Å². The van der Waals surface area contributed by atoms with E-state index in [1.807, 2.05) is 24.3 Å². The molecule has 5 nitrogen and oxygen atoms in total. The Morgan fingerprint density at radius 3 is 2.44 bits per heavy atom. The van der Waals surface area contributed by atoms with Crippen molar-refractivity contribution in [1.82, 2.24) is 0 Å². The maximum absolute atomic E-state index is 12.5. The molecule has 1 atom stereocenters. The summed E-state index contributed by atoms with van der Waals surface area (Å²) in [4.78, 5) is 24.6. The van der Waals surface area contributed by atoms with Gasteiger partial charge in [0, 0.05) is 6.08 Å². The highest BCUT2D eigenvalue weighted by atomic mass is 16.7. The summed E-state index contributed by atoms with van der Waals surface area (Å²) in [6.07, 6.45) is 10.1. The SMILES string of the molecule is COc1ccc(C/C=C/C(=O)O[C@H]2C=CC(=O)C(C3CC3)(C3CC3)O2)cc1. The second kappa shape index (κ2) is 7.31. The maximum atomic E-state index is 12.5. The molecule has 1 aromatic carbocycles. The van der Waals surface area contributed by atoms with Gasteiger partial charge < -0.3 is 14.2 Å². The molecule has 2 fully saturated rings. The van der Waals surface area contributed by atoms with Crippen LogP contribution in [0.5, 0.6) is 5.75 Å². The van der Waals surface area contributed by atoms with Gasteiger partial charge in [-0.1, -0.05) is 18.2 Å². The first-order chi connectivity index (χ1) is 13.1. The summed E-state index contributed by atoms with van der Waals surface area (Å²) in [5, 5.41) is 0. The van der Waals surface area contributed by atoms with Crippen molar-refractivity contribution in [3.63, 3.8) is 0 Å². The molecule has 27 heavy (non-hydrogen) atoms.